The van der Waals surface area contributed by atoms with Gasteiger partial charge < -0.3 is 10.3 Å². The third-order valence-corrected chi connectivity index (χ3v) is 4.11. The molecule has 124 valence electrons. The minimum Gasteiger partial charge on any atom is -0.356 e. The normalized spacial score (nSPS) is 11.1. The van der Waals surface area contributed by atoms with E-state index in [1.54, 1.807) is 6.92 Å². The van der Waals surface area contributed by atoms with Crippen molar-refractivity contribution in [2.75, 3.05) is 12.3 Å². The van der Waals surface area contributed by atoms with Crippen LogP contribution >= 0.6 is 0 Å². The molecule has 1 rings (SSSR count). The van der Waals surface area contributed by atoms with Crippen molar-refractivity contribution in [2.24, 2.45) is 0 Å². The predicted molar refractivity (Wildman–Crippen MR) is 79.2 cm³/mol. The van der Waals surface area contributed by atoms with Gasteiger partial charge >= 0.3 is 0 Å². The van der Waals surface area contributed by atoms with E-state index in [1.807, 2.05) is 4.72 Å². The second-order valence-electron chi connectivity index (χ2n) is 4.69. The van der Waals surface area contributed by atoms with Crippen LogP contribution in [0.25, 0.3) is 0 Å². The van der Waals surface area contributed by atoms with E-state index in [1.165, 1.54) is 6.33 Å². The summed E-state index contributed by atoms with van der Waals surface area (Å²) in [7, 11) is -3.69. The summed E-state index contributed by atoms with van der Waals surface area (Å²) in [5.41, 5.74) is 0. The number of hydrogen-bond donors (Lipinski definition) is 3. The summed E-state index contributed by atoms with van der Waals surface area (Å²) in [4.78, 5) is 25.6. The first-order chi connectivity index (χ1) is 10.4. The maximum absolute atomic E-state index is 11.7. The summed E-state index contributed by atoms with van der Waals surface area (Å²) in [5, 5.41) is 9.95. The van der Waals surface area contributed by atoms with Gasteiger partial charge in [-0.25, -0.2) is 8.42 Å². The molecular formula is C12H21N5O4S. The van der Waals surface area contributed by atoms with Gasteiger partial charge in [0.25, 0.3) is 0 Å². The van der Waals surface area contributed by atoms with Crippen molar-refractivity contribution in [2.45, 2.75) is 39.0 Å². The zero-order chi connectivity index (χ0) is 16.4. The average molecular weight is 331 g/mol. The molecule has 0 aliphatic rings. The Hall–Kier alpha value is -1.97. The van der Waals surface area contributed by atoms with Crippen LogP contribution in [-0.2, 0) is 26.0 Å². The molecule has 22 heavy (non-hydrogen) atoms. The first-order valence-corrected chi connectivity index (χ1v) is 8.73. The Labute approximate surface area is 129 Å². The molecule has 0 saturated heterocycles. The van der Waals surface area contributed by atoms with Crippen LogP contribution < -0.4 is 10.0 Å². The average Bonchev–Trinajstić information content (AvgIpc) is 2.91. The van der Waals surface area contributed by atoms with E-state index in [4.69, 9.17) is 0 Å². The first kappa shape index (κ1) is 18.1. The largest absolute Gasteiger partial charge is 0.356 e. The molecule has 0 atom stereocenters. The number of H-pyrrole nitrogens is 1. The van der Waals surface area contributed by atoms with Crippen molar-refractivity contribution < 1.29 is 18.0 Å². The van der Waals surface area contributed by atoms with Gasteiger partial charge in [0, 0.05) is 25.8 Å². The molecule has 0 radical (unpaired) electrons. The fourth-order valence-corrected chi connectivity index (χ4v) is 2.83. The number of hydrogen-bond acceptors (Lipinski definition) is 6. The third-order valence-electron chi connectivity index (χ3n) is 2.74. The Morgan fingerprint density at radius 2 is 1.95 bits per heavy atom. The van der Waals surface area contributed by atoms with Crippen molar-refractivity contribution >= 4 is 21.8 Å². The van der Waals surface area contributed by atoms with E-state index in [2.05, 4.69) is 20.5 Å². The molecule has 1 heterocycles. The predicted octanol–water partition coefficient (Wildman–Crippen LogP) is -0.510. The molecule has 1 aromatic heterocycles. The van der Waals surface area contributed by atoms with Crippen LogP contribution in [0.4, 0.5) is 0 Å². The van der Waals surface area contributed by atoms with E-state index in [0.717, 1.165) is 0 Å². The molecular weight excluding hydrogens is 310 g/mol. The lowest BCUT2D eigenvalue weighted by Crippen LogP contribution is -2.33. The van der Waals surface area contributed by atoms with Crippen LogP contribution in [0.15, 0.2) is 6.33 Å². The molecule has 0 aliphatic heterocycles. The summed E-state index contributed by atoms with van der Waals surface area (Å²) in [6.07, 6.45) is 2.80. The van der Waals surface area contributed by atoms with Crippen LogP contribution in [0, 0.1) is 0 Å². The molecule has 0 bridgehead atoms. The number of aromatic nitrogens is 3. The molecule has 0 aliphatic carbocycles. The molecule has 3 N–H and O–H groups in total. The number of carbonyl (C=O) groups is 2. The van der Waals surface area contributed by atoms with Gasteiger partial charge in [-0.3, -0.25) is 14.3 Å². The standard InChI is InChI=1S/C12H21N5O4S/c1-2-13-11(18)7-4-8-22(20,21)17-12(19)6-3-5-10-14-9-15-16-10/h9H,2-8H2,1H3,(H,13,18)(H,17,19)(H,14,15,16). The molecule has 0 saturated carbocycles. The first-order valence-electron chi connectivity index (χ1n) is 7.08. The summed E-state index contributed by atoms with van der Waals surface area (Å²) in [6, 6.07) is 0. The lowest BCUT2D eigenvalue weighted by Gasteiger charge is -2.06. The number of rotatable bonds is 10. The number of aryl methyl sites for hydroxylation is 1. The maximum Gasteiger partial charge on any atom is 0.234 e. The summed E-state index contributed by atoms with van der Waals surface area (Å²) in [5.74, 6) is -0.357. The highest BCUT2D eigenvalue weighted by Crippen LogP contribution is 2.00. The van der Waals surface area contributed by atoms with E-state index in [9.17, 15) is 18.0 Å². The number of nitrogens with zero attached hydrogens (tertiary/aromatic N) is 2. The molecule has 0 aromatic carbocycles. The van der Waals surface area contributed by atoms with Crippen molar-refractivity contribution in [3.8, 4) is 0 Å². The van der Waals surface area contributed by atoms with Crippen LogP contribution in [0.2, 0.25) is 0 Å². The minimum absolute atomic E-state index is 0.0796. The Kier molecular flexibility index (Phi) is 7.50. The highest BCUT2D eigenvalue weighted by Gasteiger charge is 2.15. The van der Waals surface area contributed by atoms with E-state index < -0.39 is 15.9 Å². The fourth-order valence-electron chi connectivity index (χ4n) is 1.75. The lowest BCUT2D eigenvalue weighted by molar-refractivity contribution is -0.121. The van der Waals surface area contributed by atoms with Crippen molar-refractivity contribution in [1.29, 1.82) is 0 Å². The Bertz CT molecular complexity index is 570. The van der Waals surface area contributed by atoms with Crippen molar-refractivity contribution in [3.05, 3.63) is 12.2 Å². The van der Waals surface area contributed by atoms with Gasteiger partial charge in [-0.15, -0.1) is 10.2 Å². The molecule has 0 spiro atoms. The van der Waals surface area contributed by atoms with Gasteiger partial charge in [-0.05, 0) is 19.8 Å². The number of amides is 2. The van der Waals surface area contributed by atoms with Gasteiger partial charge in [0.05, 0.1) is 5.75 Å². The molecule has 10 heteroatoms. The van der Waals surface area contributed by atoms with Crippen molar-refractivity contribution in [1.82, 2.24) is 25.2 Å². The van der Waals surface area contributed by atoms with Crippen molar-refractivity contribution in [3.63, 3.8) is 0 Å². The van der Waals surface area contributed by atoms with Crippen LogP contribution in [0.3, 0.4) is 0 Å². The summed E-state index contributed by atoms with van der Waals surface area (Å²) < 4.78 is 25.4. The number of nitrogens with one attached hydrogen (secondary N) is 3. The van der Waals surface area contributed by atoms with Crippen LogP contribution in [0.5, 0.6) is 0 Å². The van der Waals surface area contributed by atoms with Gasteiger partial charge in [-0.2, -0.15) is 0 Å². The van der Waals surface area contributed by atoms with Crippen LogP contribution in [-0.4, -0.2) is 47.7 Å². The van der Waals surface area contributed by atoms with E-state index in [0.29, 0.717) is 25.2 Å². The Morgan fingerprint density at radius 1 is 1.23 bits per heavy atom. The third kappa shape index (κ3) is 7.72. The topological polar surface area (TPSA) is 134 Å². The molecule has 1 aromatic rings. The zero-order valence-corrected chi connectivity index (χ0v) is 13.3. The molecule has 0 fully saturated rings. The molecule has 2 amide bonds. The summed E-state index contributed by atoms with van der Waals surface area (Å²) >= 11 is 0. The quantitative estimate of drug-likeness (QED) is 0.528. The summed E-state index contributed by atoms with van der Waals surface area (Å²) in [6.45, 7) is 2.29. The van der Waals surface area contributed by atoms with Gasteiger partial charge in [0.2, 0.25) is 21.8 Å². The maximum atomic E-state index is 11.7. The second-order valence-corrected chi connectivity index (χ2v) is 6.53. The fraction of sp³-hybridized carbons (Fsp3) is 0.667. The molecule has 9 nitrogen and oxygen atoms in total. The number of sulfonamides is 1. The van der Waals surface area contributed by atoms with E-state index >= 15 is 0 Å². The monoisotopic (exact) mass is 331 g/mol. The highest BCUT2D eigenvalue weighted by molar-refractivity contribution is 7.90. The SMILES string of the molecule is CCNC(=O)CCCS(=O)(=O)NC(=O)CCCc1nnc[nH]1. The van der Waals surface area contributed by atoms with Gasteiger partial charge in [0.1, 0.15) is 12.2 Å². The van der Waals surface area contributed by atoms with E-state index in [-0.39, 0.29) is 30.9 Å². The lowest BCUT2D eigenvalue weighted by atomic mass is 10.2. The number of carbonyl (C=O) groups excluding carboxylic acids is 2. The number of aromatic amines is 1. The molecule has 0 unspecified atom stereocenters. The highest BCUT2D eigenvalue weighted by atomic mass is 32.2. The van der Waals surface area contributed by atoms with Gasteiger partial charge in [-0.1, -0.05) is 0 Å². The smallest absolute Gasteiger partial charge is 0.234 e. The minimum atomic E-state index is -3.69. The van der Waals surface area contributed by atoms with Gasteiger partial charge in [0.15, 0.2) is 0 Å². The Morgan fingerprint density at radius 3 is 2.59 bits per heavy atom. The Balaban J connectivity index is 2.22. The zero-order valence-electron chi connectivity index (χ0n) is 12.5. The second kappa shape index (κ2) is 9.13. The van der Waals surface area contributed by atoms with Crippen LogP contribution in [0.1, 0.15) is 38.4 Å².